The summed E-state index contributed by atoms with van der Waals surface area (Å²) in [6.45, 7) is -0.692. The highest BCUT2D eigenvalue weighted by molar-refractivity contribution is 7.92. The van der Waals surface area contributed by atoms with E-state index >= 15 is 0 Å². The van der Waals surface area contributed by atoms with Gasteiger partial charge in [0, 0.05) is 32.4 Å². The number of nitrogens with one attached hydrogen (secondary N) is 1. The number of aliphatic hydroxyl groups excluding tert-OH is 1. The van der Waals surface area contributed by atoms with Crippen LogP contribution < -0.4 is 4.72 Å². The molecular weight excluding hydrogens is 582 g/mol. The quantitative estimate of drug-likeness (QED) is 0.350. The van der Waals surface area contributed by atoms with Gasteiger partial charge in [0.25, 0.3) is 0 Å². The minimum Gasteiger partial charge on any atom is -0.392 e. The molecule has 14 heteroatoms. The molecule has 1 aliphatic heterocycles. The van der Waals surface area contributed by atoms with Crippen LogP contribution in [0.5, 0.6) is 0 Å². The minimum absolute atomic E-state index is 0.0523. The Morgan fingerprint density at radius 3 is 2.62 bits per heavy atom. The number of carbonyl (C=O) groups is 1. The van der Waals surface area contributed by atoms with Crippen LogP contribution in [0.1, 0.15) is 23.6 Å². The van der Waals surface area contributed by atoms with Crippen LogP contribution in [0.4, 0.5) is 18.9 Å². The molecule has 1 amide bonds. The molecule has 1 fully saturated rings. The lowest BCUT2D eigenvalue weighted by atomic mass is 10.0. The number of aliphatic hydroxyl groups is 1. The van der Waals surface area contributed by atoms with Crippen molar-refractivity contribution in [1.82, 2.24) is 9.80 Å². The lowest BCUT2D eigenvalue weighted by molar-refractivity contribution is -0.172. The molecule has 0 radical (unpaired) electrons. The number of halogens is 5. The molecule has 1 aliphatic rings. The van der Waals surface area contributed by atoms with Crippen LogP contribution in [0, 0.1) is 0 Å². The van der Waals surface area contributed by atoms with Crippen molar-refractivity contribution < 1.29 is 36.2 Å². The zero-order valence-corrected chi connectivity index (χ0v) is 23.5. The van der Waals surface area contributed by atoms with Crippen LogP contribution in [0.25, 0.3) is 0 Å². The average molecular weight is 612 g/mol. The van der Waals surface area contributed by atoms with Gasteiger partial charge in [-0.1, -0.05) is 41.4 Å². The predicted octanol–water partition coefficient (Wildman–Crippen LogP) is 4.12. The summed E-state index contributed by atoms with van der Waals surface area (Å²) in [7, 11) is -2.35. The molecule has 2 atom stereocenters. The van der Waals surface area contributed by atoms with E-state index in [9.17, 15) is 31.5 Å². The first-order valence-electron chi connectivity index (χ1n) is 12.1. The van der Waals surface area contributed by atoms with Crippen molar-refractivity contribution in [3.8, 4) is 0 Å². The van der Waals surface area contributed by atoms with Gasteiger partial charge in [0.05, 0.1) is 41.0 Å². The van der Waals surface area contributed by atoms with Gasteiger partial charge in [-0.2, -0.15) is 13.2 Å². The smallest absolute Gasteiger partial charge is 0.392 e. The normalized spacial score (nSPS) is 17.3. The Balaban J connectivity index is 1.76. The summed E-state index contributed by atoms with van der Waals surface area (Å²) in [4.78, 5) is 16.9. The Labute approximate surface area is 235 Å². The number of anilines is 1. The van der Waals surface area contributed by atoms with Gasteiger partial charge >= 0.3 is 6.18 Å². The Kier molecular flexibility index (Phi) is 10.9. The molecular formula is C25H30Cl2F3N3O5S. The van der Waals surface area contributed by atoms with Crippen LogP contribution in [-0.2, 0) is 26.0 Å². The number of alkyl halides is 3. The van der Waals surface area contributed by atoms with E-state index in [4.69, 9.17) is 23.2 Å². The van der Waals surface area contributed by atoms with Crippen molar-refractivity contribution in [3.05, 3.63) is 63.6 Å². The maximum atomic E-state index is 13.3. The highest BCUT2D eigenvalue weighted by atomic mass is 35.5. The van der Waals surface area contributed by atoms with Gasteiger partial charge in [0.1, 0.15) is 6.61 Å². The first-order chi connectivity index (χ1) is 18.2. The largest absolute Gasteiger partial charge is 0.411 e. The molecule has 0 bridgehead atoms. The second-order valence-electron chi connectivity index (χ2n) is 9.36. The van der Waals surface area contributed by atoms with Gasteiger partial charge in [0.15, 0.2) is 0 Å². The second kappa shape index (κ2) is 13.5. The number of β-amino-alcohol motifs (C(OH)–C–C–N with tert-alkyl or cyclic N) is 1. The number of sulfonamides is 1. The fourth-order valence-electron chi connectivity index (χ4n) is 4.19. The van der Waals surface area contributed by atoms with Crippen molar-refractivity contribution in [1.29, 1.82) is 0 Å². The number of rotatable bonds is 12. The highest BCUT2D eigenvalue weighted by Crippen LogP contribution is 2.28. The summed E-state index contributed by atoms with van der Waals surface area (Å²) >= 11 is 12.1. The summed E-state index contributed by atoms with van der Waals surface area (Å²) in [6.07, 6.45) is -4.36. The SMILES string of the molecule is CN(C(=O)Cc1ccc(Cl)c(Cl)c1)[C@H](CN1CC[C@@H](O)C1)c1cccc(NS(=O)(=O)CCOCC(F)(F)F)c1. The summed E-state index contributed by atoms with van der Waals surface area (Å²) in [5.41, 5.74) is 1.50. The van der Waals surface area contributed by atoms with Gasteiger partial charge in [0.2, 0.25) is 15.9 Å². The lowest BCUT2D eigenvalue weighted by Crippen LogP contribution is -2.39. The van der Waals surface area contributed by atoms with Crippen LogP contribution in [-0.4, -0.2) is 87.2 Å². The average Bonchev–Trinajstić information content (AvgIpc) is 3.26. The number of carbonyl (C=O) groups excluding carboxylic acids is 1. The maximum absolute atomic E-state index is 13.3. The van der Waals surface area contributed by atoms with E-state index in [0.29, 0.717) is 47.2 Å². The molecule has 2 aromatic rings. The number of hydrogen-bond acceptors (Lipinski definition) is 6. The summed E-state index contributed by atoms with van der Waals surface area (Å²) in [6, 6.07) is 10.9. The van der Waals surface area contributed by atoms with Crippen LogP contribution in [0.15, 0.2) is 42.5 Å². The van der Waals surface area contributed by atoms with E-state index in [1.54, 1.807) is 48.3 Å². The zero-order chi connectivity index (χ0) is 28.8. The van der Waals surface area contributed by atoms with E-state index < -0.39 is 47.3 Å². The van der Waals surface area contributed by atoms with Gasteiger partial charge in [-0.05, 0) is 41.8 Å². The molecule has 3 rings (SSSR count). The Bertz CT molecular complexity index is 1250. The third-order valence-corrected chi connectivity index (χ3v) is 8.18. The van der Waals surface area contributed by atoms with E-state index in [1.807, 2.05) is 4.90 Å². The third kappa shape index (κ3) is 10.1. The van der Waals surface area contributed by atoms with Gasteiger partial charge < -0.3 is 14.7 Å². The number of likely N-dealkylation sites (N-methyl/N-ethyl adjacent to an activating group) is 1. The first kappa shape index (κ1) is 31.4. The number of hydrogen-bond donors (Lipinski definition) is 2. The molecule has 0 saturated carbocycles. The fraction of sp³-hybridized carbons (Fsp3) is 0.480. The Hall–Kier alpha value is -2.09. The summed E-state index contributed by atoms with van der Waals surface area (Å²) in [5.74, 6) is -0.879. The molecule has 8 nitrogen and oxygen atoms in total. The molecule has 1 heterocycles. The summed E-state index contributed by atoms with van der Waals surface area (Å²) < 4.78 is 68.3. The highest BCUT2D eigenvalue weighted by Gasteiger charge is 2.29. The molecule has 216 valence electrons. The van der Waals surface area contributed by atoms with E-state index in [2.05, 4.69) is 9.46 Å². The number of nitrogens with zero attached hydrogens (tertiary/aromatic N) is 2. The fourth-order valence-corrected chi connectivity index (χ4v) is 5.44. The van der Waals surface area contributed by atoms with Crippen molar-refractivity contribution in [2.75, 3.05) is 50.4 Å². The monoisotopic (exact) mass is 611 g/mol. The zero-order valence-electron chi connectivity index (χ0n) is 21.1. The van der Waals surface area contributed by atoms with Crippen molar-refractivity contribution >= 4 is 44.8 Å². The molecule has 1 saturated heterocycles. The minimum atomic E-state index is -4.55. The molecule has 0 spiro atoms. The van der Waals surface area contributed by atoms with E-state index in [0.717, 1.165) is 0 Å². The number of benzene rings is 2. The molecule has 0 unspecified atom stereocenters. The van der Waals surface area contributed by atoms with Crippen LogP contribution in [0.2, 0.25) is 10.0 Å². The van der Waals surface area contributed by atoms with Crippen molar-refractivity contribution in [3.63, 3.8) is 0 Å². The van der Waals surface area contributed by atoms with E-state index in [-0.39, 0.29) is 18.0 Å². The molecule has 0 aliphatic carbocycles. The van der Waals surface area contributed by atoms with Gasteiger partial charge in [-0.25, -0.2) is 8.42 Å². The van der Waals surface area contributed by atoms with E-state index in [1.165, 1.54) is 6.07 Å². The molecule has 0 aromatic heterocycles. The predicted molar refractivity (Wildman–Crippen MR) is 143 cm³/mol. The van der Waals surface area contributed by atoms with Crippen molar-refractivity contribution in [2.45, 2.75) is 31.2 Å². The molecule has 39 heavy (non-hydrogen) atoms. The second-order valence-corrected chi connectivity index (χ2v) is 12.0. The third-order valence-electron chi connectivity index (χ3n) is 6.19. The van der Waals surface area contributed by atoms with Gasteiger partial charge in [-0.3, -0.25) is 14.4 Å². The lowest BCUT2D eigenvalue weighted by Gasteiger charge is -2.32. The van der Waals surface area contributed by atoms with Crippen LogP contribution in [0.3, 0.4) is 0 Å². The van der Waals surface area contributed by atoms with Gasteiger partial charge in [-0.15, -0.1) is 0 Å². The first-order valence-corrected chi connectivity index (χ1v) is 14.5. The topological polar surface area (TPSA) is 99.2 Å². The number of amides is 1. The van der Waals surface area contributed by atoms with Crippen LogP contribution >= 0.6 is 23.2 Å². The Morgan fingerprint density at radius 1 is 1.23 bits per heavy atom. The van der Waals surface area contributed by atoms with Crippen molar-refractivity contribution in [2.24, 2.45) is 0 Å². The number of ether oxygens (including phenoxy) is 1. The molecule has 2 aromatic carbocycles. The summed E-state index contributed by atoms with van der Waals surface area (Å²) in [5, 5.41) is 10.7. The Morgan fingerprint density at radius 2 is 1.97 bits per heavy atom. The standard InChI is InChI=1S/C25H30Cl2F3N3O5S/c1-32(24(35)12-17-5-6-21(26)22(27)11-17)23(15-33-8-7-20(34)14-33)18-3-2-4-19(13-18)31-39(36,37)10-9-38-16-25(28,29)30/h2-6,11,13,20,23,31,34H,7-10,12,14-16H2,1H3/t20-,23-/m1/s1. The maximum Gasteiger partial charge on any atom is 0.411 e. The molecule has 2 N–H and O–H groups in total. The number of likely N-dealkylation sites (tertiary alicyclic amines) is 1.